The van der Waals surface area contributed by atoms with Gasteiger partial charge in [-0.3, -0.25) is 14.4 Å². The van der Waals surface area contributed by atoms with E-state index in [2.05, 4.69) is 4.99 Å². The third-order valence-electron chi connectivity index (χ3n) is 5.70. The van der Waals surface area contributed by atoms with Crippen LogP contribution in [0.15, 0.2) is 58.4 Å². The lowest BCUT2D eigenvalue weighted by molar-refractivity contribution is -0.122. The Labute approximate surface area is 188 Å². The van der Waals surface area contributed by atoms with E-state index in [1.54, 1.807) is 42.5 Å². The van der Waals surface area contributed by atoms with Gasteiger partial charge in [-0.25, -0.2) is 9.29 Å². The van der Waals surface area contributed by atoms with Crippen molar-refractivity contribution >= 4 is 51.6 Å². The highest BCUT2D eigenvalue weighted by Gasteiger charge is 2.41. The largest absolute Gasteiger partial charge is 0.366 e. The van der Waals surface area contributed by atoms with Gasteiger partial charge in [0.1, 0.15) is 5.82 Å². The van der Waals surface area contributed by atoms with E-state index in [1.165, 1.54) is 13.0 Å². The molecule has 0 N–H and O–H groups in total. The zero-order valence-electron chi connectivity index (χ0n) is 17.2. The predicted molar refractivity (Wildman–Crippen MR) is 122 cm³/mol. The second kappa shape index (κ2) is 7.90. The third-order valence-corrected chi connectivity index (χ3v) is 6.82. The number of amides is 3. The first kappa shape index (κ1) is 20.4. The summed E-state index contributed by atoms with van der Waals surface area (Å²) >= 11 is 1.16. The number of benzene rings is 2. The lowest BCUT2D eigenvalue weighted by Crippen LogP contribution is -2.48. The van der Waals surface area contributed by atoms with Crippen molar-refractivity contribution in [2.24, 2.45) is 4.99 Å². The van der Waals surface area contributed by atoms with Crippen molar-refractivity contribution < 1.29 is 18.8 Å². The van der Waals surface area contributed by atoms with Crippen LogP contribution >= 0.6 is 11.8 Å². The number of aliphatic imine (C=N–C) groups is 1. The monoisotopic (exact) mass is 450 g/mol. The first-order chi connectivity index (χ1) is 15.5. The maximum Gasteiger partial charge on any atom is 0.287 e. The van der Waals surface area contributed by atoms with Crippen LogP contribution in [0.5, 0.6) is 0 Å². The third kappa shape index (κ3) is 3.29. The molecule has 5 rings (SSSR count). The fourth-order valence-electron chi connectivity index (χ4n) is 4.18. The summed E-state index contributed by atoms with van der Waals surface area (Å²) in [5.74, 6) is -1.65. The van der Waals surface area contributed by atoms with Crippen LogP contribution in [0.25, 0.3) is 5.57 Å². The number of carbonyl (C=O) groups is 3. The number of halogens is 1. The molecule has 3 amide bonds. The van der Waals surface area contributed by atoms with Gasteiger partial charge in [-0.15, -0.1) is 0 Å². The molecular weight excluding hydrogens is 431 g/mol. The van der Waals surface area contributed by atoms with Crippen molar-refractivity contribution in [1.82, 2.24) is 4.90 Å². The van der Waals surface area contributed by atoms with Gasteiger partial charge in [0, 0.05) is 38.7 Å². The Morgan fingerprint density at radius 1 is 0.938 bits per heavy atom. The summed E-state index contributed by atoms with van der Waals surface area (Å²) in [6.45, 7) is 3.63. The molecule has 0 aliphatic carbocycles. The molecule has 0 bridgehead atoms. The van der Waals surface area contributed by atoms with Gasteiger partial charge in [0.2, 0.25) is 5.91 Å². The van der Waals surface area contributed by atoms with E-state index in [0.29, 0.717) is 48.3 Å². The Morgan fingerprint density at radius 2 is 1.56 bits per heavy atom. The molecule has 9 heteroatoms. The Balaban J connectivity index is 1.38. The minimum absolute atomic E-state index is 0.217. The maximum atomic E-state index is 14.1. The molecule has 3 aliphatic heterocycles. The Bertz CT molecular complexity index is 1220. The molecule has 1 fully saturated rings. The van der Waals surface area contributed by atoms with E-state index in [0.717, 1.165) is 16.7 Å². The normalized spacial score (nSPS) is 20.7. The van der Waals surface area contributed by atoms with Crippen molar-refractivity contribution in [3.05, 3.63) is 64.8 Å². The highest BCUT2D eigenvalue weighted by Crippen LogP contribution is 2.43. The minimum atomic E-state index is -0.504. The van der Waals surface area contributed by atoms with E-state index in [-0.39, 0.29) is 16.3 Å². The highest BCUT2D eigenvalue weighted by molar-refractivity contribution is 8.18. The molecule has 0 unspecified atom stereocenters. The molecule has 7 nitrogen and oxygen atoms in total. The van der Waals surface area contributed by atoms with E-state index in [9.17, 15) is 18.8 Å². The van der Waals surface area contributed by atoms with Gasteiger partial charge in [-0.2, -0.15) is 4.99 Å². The molecule has 2 aromatic rings. The number of piperazine rings is 1. The second-order valence-electron chi connectivity index (χ2n) is 7.61. The summed E-state index contributed by atoms with van der Waals surface area (Å²) < 4.78 is 14.1. The number of hydrogen-bond acceptors (Lipinski definition) is 6. The van der Waals surface area contributed by atoms with E-state index in [1.807, 2.05) is 9.80 Å². The lowest BCUT2D eigenvalue weighted by atomic mass is 10.1. The Kier molecular flexibility index (Phi) is 5.05. The first-order valence-electron chi connectivity index (χ1n) is 10.2. The zero-order chi connectivity index (χ0) is 22.4. The van der Waals surface area contributed by atoms with Gasteiger partial charge in [0.05, 0.1) is 21.9 Å². The molecule has 0 atom stereocenters. The molecule has 1 saturated heterocycles. The number of rotatable bonds is 1. The molecular formula is C23H19FN4O3S. The van der Waals surface area contributed by atoms with Crippen molar-refractivity contribution in [3.8, 4) is 0 Å². The van der Waals surface area contributed by atoms with Crippen LogP contribution < -0.4 is 9.80 Å². The first-order valence-corrected chi connectivity index (χ1v) is 11.0. The van der Waals surface area contributed by atoms with E-state index in [4.69, 9.17) is 0 Å². The molecule has 32 heavy (non-hydrogen) atoms. The maximum absolute atomic E-state index is 14.1. The Morgan fingerprint density at radius 3 is 2.25 bits per heavy atom. The van der Waals surface area contributed by atoms with Crippen LogP contribution in [-0.4, -0.2) is 54.0 Å². The highest BCUT2D eigenvalue weighted by atomic mass is 32.2. The number of para-hydroxylation sites is 2. The average molecular weight is 450 g/mol. The summed E-state index contributed by atoms with van der Waals surface area (Å²) in [6, 6.07) is 13.6. The number of nitrogens with zero attached hydrogens (tertiary/aromatic N) is 4. The number of imide groups is 1. The minimum Gasteiger partial charge on any atom is -0.366 e. The topological polar surface area (TPSA) is 73.3 Å². The zero-order valence-corrected chi connectivity index (χ0v) is 18.1. The second-order valence-corrected chi connectivity index (χ2v) is 8.59. The standard InChI is InChI=1S/C23H19FN4O3S/c1-14(29)28-17-8-4-2-6-15(17)19(22(28)31)20-21(30)25-23(32-20)27-12-10-26(11-13-27)18-9-5-3-7-16(18)24/h2-9H,10-13H2,1H3/b20-19-. The molecule has 0 saturated carbocycles. The van der Waals surface area contributed by atoms with Crippen LogP contribution in [0, 0.1) is 5.82 Å². The average Bonchev–Trinajstić information content (AvgIpc) is 3.30. The fraction of sp³-hybridized carbons (Fsp3) is 0.217. The predicted octanol–water partition coefficient (Wildman–Crippen LogP) is 2.88. The van der Waals surface area contributed by atoms with Gasteiger partial charge in [0.15, 0.2) is 5.17 Å². The fourth-order valence-corrected chi connectivity index (χ4v) is 5.24. The molecule has 0 spiro atoms. The van der Waals surface area contributed by atoms with Crippen molar-refractivity contribution in [2.75, 3.05) is 36.0 Å². The van der Waals surface area contributed by atoms with E-state index < -0.39 is 17.7 Å². The van der Waals surface area contributed by atoms with Gasteiger partial charge in [-0.05, 0) is 30.0 Å². The number of thioether (sulfide) groups is 1. The van der Waals surface area contributed by atoms with Gasteiger partial charge < -0.3 is 9.80 Å². The van der Waals surface area contributed by atoms with Crippen molar-refractivity contribution in [1.29, 1.82) is 0 Å². The smallest absolute Gasteiger partial charge is 0.287 e. The Hall–Kier alpha value is -3.46. The molecule has 0 radical (unpaired) electrons. The summed E-state index contributed by atoms with van der Waals surface area (Å²) in [7, 11) is 0. The van der Waals surface area contributed by atoms with Crippen LogP contribution in [0.1, 0.15) is 12.5 Å². The number of fused-ring (bicyclic) bond motifs is 1. The quantitative estimate of drug-likeness (QED) is 0.622. The lowest BCUT2D eigenvalue weighted by Gasteiger charge is -2.36. The van der Waals surface area contributed by atoms with Crippen LogP contribution in [0.3, 0.4) is 0 Å². The SMILES string of the molecule is CC(=O)N1C(=O)/C(=C2\SC(N3CCN(c4ccccc4F)CC3)=NC2=O)c2ccccc21. The van der Waals surface area contributed by atoms with Crippen molar-refractivity contribution in [2.45, 2.75) is 6.92 Å². The number of hydrogen-bond donors (Lipinski definition) is 0. The van der Waals surface area contributed by atoms with Crippen molar-refractivity contribution in [3.63, 3.8) is 0 Å². The van der Waals surface area contributed by atoms with Gasteiger partial charge in [0.25, 0.3) is 11.8 Å². The molecule has 3 aliphatic rings. The summed E-state index contributed by atoms with van der Waals surface area (Å²) in [4.78, 5) is 47.3. The van der Waals surface area contributed by atoms with Crippen LogP contribution in [-0.2, 0) is 14.4 Å². The molecule has 3 heterocycles. The summed E-state index contributed by atoms with van der Waals surface area (Å²) in [5.41, 5.74) is 1.82. The van der Waals surface area contributed by atoms with Gasteiger partial charge >= 0.3 is 0 Å². The number of carbonyl (C=O) groups excluding carboxylic acids is 3. The molecule has 0 aromatic heterocycles. The van der Waals surface area contributed by atoms with Crippen LogP contribution in [0.4, 0.5) is 15.8 Å². The molecule has 2 aromatic carbocycles. The number of anilines is 2. The molecule has 162 valence electrons. The van der Waals surface area contributed by atoms with Crippen LogP contribution in [0.2, 0.25) is 0 Å². The number of amidine groups is 1. The van der Waals surface area contributed by atoms with E-state index >= 15 is 0 Å². The van der Waals surface area contributed by atoms with Gasteiger partial charge in [-0.1, -0.05) is 30.3 Å². The summed E-state index contributed by atoms with van der Waals surface area (Å²) in [6.07, 6.45) is 0. The summed E-state index contributed by atoms with van der Waals surface area (Å²) in [5, 5.41) is 0.525.